The standard InChI is InChI=1S/C18H15ClN4O2S/c1-12-6-2-4-8-14(12)25-11-17-22-23-16(20-21-18(23)26-17)10-24-15-9-5-3-7-13(15)19/h2-9H,10-11H2,1H3. The van der Waals surface area contributed by atoms with Crippen LogP contribution in [0.4, 0.5) is 0 Å². The molecule has 0 N–H and O–H groups in total. The summed E-state index contributed by atoms with van der Waals surface area (Å²) in [6.07, 6.45) is 0. The molecule has 132 valence electrons. The molecule has 8 heteroatoms. The lowest BCUT2D eigenvalue weighted by Gasteiger charge is -2.06. The zero-order valence-electron chi connectivity index (χ0n) is 13.9. The molecule has 4 aromatic rings. The van der Waals surface area contributed by atoms with E-state index in [1.54, 1.807) is 10.6 Å². The van der Waals surface area contributed by atoms with Gasteiger partial charge in [-0.25, -0.2) is 0 Å². The number of nitrogens with zero attached hydrogens (tertiary/aromatic N) is 4. The summed E-state index contributed by atoms with van der Waals surface area (Å²) in [7, 11) is 0. The third kappa shape index (κ3) is 3.49. The van der Waals surface area contributed by atoms with Gasteiger partial charge in [0.05, 0.1) is 5.02 Å². The van der Waals surface area contributed by atoms with E-state index in [-0.39, 0.29) is 6.61 Å². The van der Waals surface area contributed by atoms with Crippen molar-refractivity contribution in [3.05, 3.63) is 69.9 Å². The fraction of sp³-hybridized carbons (Fsp3) is 0.167. The van der Waals surface area contributed by atoms with E-state index in [1.165, 1.54) is 11.3 Å². The lowest BCUT2D eigenvalue weighted by Crippen LogP contribution is -2.04. The summed E-state index contributed by atoms with van der Waals surface area (Å²) in [6.45, 7) is 2.62. The van der Waals surface area contributed by atoms with Gasteiger partial charge >= 0.3 is 0 Å². The summed E-state index contributed by atoms with van der Waals surface area (Å²) in [4.78, 5) is 0.700. The van der Waals surface area contributed by atoms with Crippen LogP contribution in [0.5, 0.6) is 11.5 Å². The number of hydrogen-bond donors (Lipinski definition) is 0. The van der Waals surface area contributed by atoms with Crippen LogP contribution in [0.25, 0.3) is 4.96 Å². The summed E-state index contributed by atoms with van der Waals surface area (Å²) < 4.78 is 13.2. The molecular formula is C18H15ClN4O2S. The van der Waals surface area contributed by atoms with Crippen molar-refractivity contribution in [2.45, 2.75) is 20.1 Å². The smallest absolute Gasteiger partial charge is 0.234 e. The van der Waals surface area contributed by atoms with E-state index in [9.17, 15) is 0 Å². The predicted octanol–water partition coefficient (Wildman–Crippen LogP) is 4.31. The third-order valence-corrected chi connectivity index (χ3v) is 4.92. The molecule has 26 heavy (non-hydrogen) atoms. The van der Waals surface area contributed by atoms with Crippen LogP contribution in [0.15, 0.2) is 48.5 Å². The zero-order chi connectivity index (χ0) is 17.9. The Labute approximate surface area is 159 Å². The molecule has 0 aliphatic carbocycles. The van der Waals surface area contributed by atoms with Gasteiger partial charge in [-0.1, -0.05) is 53.3 Å². The number of hydrogen-bond acceptors (Lipinski definition) is 6. The summed E-state index contributed by atoms with van der Waals surface area (Å²) in [6, 6.07) is 15.2. The van der Waals surface area contributed by atoms with E-state index in [2.05, 4.69) is 15.3 Å². The van der Waals surface area contributed by atoms with Gasteiger partial charge in [0.25, 0.3) is 0 Å². The molecule has 0 saturated heterocycles. The molecule has 6 nitrogen and oxygen atoms in total. The van der Waals surface area contributed by atoms with Gasteiger partial charge in [0.1, 0.15) is 24.7 Å². The zero-order valence-corrected chi connectivity index (χ0v) is 15.5. The van der Waals surface area contributed by atoms with Crippen molar-refractivity contribution in [1.82, 2.24) is 19.8 Å². The summed E-state index contributed by atoms with van der Waals surface area (Å²) >= 11 is 7.54. The Bertz CT molecular complexity index is 1050. The lowest BCUT2D eigenvalue weighted by atomic mass is 10.2. The highest BCUT2D eigenvalue weighted by Gasteiger charge is 2.13. The number of benzene rings is 2. The molecule has 0 atom stereocenters. The van der Waals surface area contributed by atoms with Crippen molar-refractivity contribution in [3.63, 3.8) is 0 Å². The highest BCUT2D eigenvalue weighted by atomic mass is 35.5. The van der Waals surface area contributed by atoms with Gasteiger partial charge in [-0.3, -0.25) is 0 Å². The van der Waals surface area contributed by atoms with Gasteiger partial charge in [-0.2, -0.15) is 9.61 Å². The van der Waals surface area contributed by atoms with E-state index < -0.39 is 0 Å². The molecule has 0 bridgehead atoms. The molecule has 0 aliphatic rings. The van der Waals surface area contributed by atoms with Crippen LogP contribution >= 0.6 is 22.9 Å². The number of aryl methyl sites for hydroxylation is 1. The average Bonchev–Trinajstić information content (AvgIpc) is 3.21. The number of ether oxygens (including phenoxy) is 2. The number of rotatable bonds is 6. The second kappa shape index (κ2) is 7.31. The minimum atomic E-state index is 0.229. The Hall–Kier alpha value is -2.64. The Kier molecular flexibility index (Phi) is 4.73. The molecule has 0 saturated carbocycles. The van der Waals surface area contributed by atoms with Gasteiger partial charge in [0.2, 0.25) is 4.96 Å². The number of aromatic nitrogens is 4. The molecule has 0 spiro atoms. The van der Waals surface area contributed by atoms with E-state index in [4.69, 9.17) is 21.1 Å². The van der Waals surface area contributed by atoms with Crippen molar-refractivity contribution in [3.8, 4) is 11.5 Å². The summed E-state index contributed by atoms with van der Waals surface area (Å²) in [5.41, 5.74) is 1.09. The number of fused-ring (bicyclic) bond motifs is 1. The highest BCUT2D eigenvalue weighted by molar-refractivity contribution is 7.16. The molecular weight excluding hydrogens is 372 g/mol. The average molecular weight is 387 g/mol. The maximum Gasteiger partial charge on any atom is 0.234 e. The van der Waals surface area contributed by atoms with Crippen molar-refractivity contribution in [2.24, 2.45) is 0 Å². The van der Waals surface area contributed by atoms with Crippen molar-refractivity contribution >= 4 is 27.9 Å². The van der Waals surface area contributed by atoms with Gasteiger partial charge in [0.15, 0.2) is 10.8 Å². The van der Waals surface area contributed by atoms with Crippen molar-refractivity contribution in [1.29, 1.82) is 0 Å². The third-order valence-electron chi connectivity index (χ3n) is 3.74. The van der Waals surface area contributed by atoms with Gasteiger partial charge < -0.3 is 9.47 Å². The van der Waals surface area contributed by atoms with Gasteiger partial charge in [0, 0.05) is 0 Å². The van der Waals surface area contributed by atoms with Crippen LogP contribution in [0.1, 0.15) is 16.4 Å². The van der Waals surface area contributed by atoms with Gasteiger partial charge in [-0.15, -0.1) is 10.2 Å². The monoisotopic (exact) mass is 386 g/mol. The molecule has 0 radical (unpaired) electrons. The minimum absolute atomic E-state index is 0.229. The molecule has 0 unspecified atom stereocenters. The van der Waals surface area contributed by atoms with E-state index >= 15 is 0 Å². The van der Waals surface area contributed by atoms with Gasteiger partial charge in [-0.05, 0) is 30.7 Å². The summed E-state index contributed by atoms with van der Waals surface area (Å²) in [5.74, 6) is 2.06. The van der Waals surface area contributed by atoms with Crippen LogP contribution < -0.4 is 9.47 Å². The number of halogens is 1. The Morgan fingerprint density at radius 3 is 2.50 bits per heavy atom. The molecule has 2 aromatic carbocycles. The number of para-hydroxylation sites is 2. The maximum atomic E-state index is 6.10. The molecule has 2 aromatic heterocycles. The SMILES string of the molecule is Cc1ccccc1OCc1nn2c(COc3ccccc3Cl)nnc2s1. The fourth-order valence-electron chi connectivity index (χ4n) is 2.41. The fourth-order valence-corrected chi connectivity index (χ4v) is 3.36. The summed E-state index contributed by atoms with van der Waals surface area (Å²) in [5, 5.41) is 14.2. The van der Waals surface area contributed by atoms with Crippen LogP contribution in [0.2, 0.25) is 5.02 Å². The maximum absolute atomic E-state index is 6.10. The second-order valence-electron chi connectivity index (χ2n) is 5.58. The first kappa shape index (κ1) is 16.8. The molecule has 0 amide bonds. The van der Waals surface area contributed by atoms with E-state index in [0.717, 1.165) is 16.3 Å². The van der Waals surface area contributed by atoms with E-state index in [1.807, 2.05) is 49.4 Å². The lowest BCUT2D eigenvalue weighted by molar-refractivity contribution is 0.290. The topological polar surface area (TPSA) is 61.5 Å². The van der Waals surface area contributed by atoms with Crippen molar-refractivity contribution in [2.75, 3.05) is 0 Å². The van der Waals surface area contributed by atoms with Crippen LogP contribution in [0, 0.1) is 6.92 Å². The van der Waals surface area contributed by atoms with Crippen LogP contribution in [-0.2, 0) is 13.2 Å². The molecule has 0 fully saturated rings. The van der Waals surface area contributed by atoms with Crippen molar-refractivity contribution < 1.29 is 9.47 Å². The molecule has 2 heterocycles. The first-order valence-electron chi connectivity index (χ1n) is 7.96. The first-order valence-corrected chi connectivity index (χ1v) is 9.16. The highest BCUT2D eigenvalue weighted by Crippen LogP contribution is 2.24. The Morgan fingerprint density at radius 1 is 0.962 bits per heavy atom. The predicted molar refractivity (Wildman–Crippen MR) is 100.0 cm³/mol. The normalized spacial score (nSPS) is 11.0. The van der Waals surface area contributed by atoms with Crippen LogP contribution in [-0.4, -0.2) is 19.8 Å². The second-order valence-corrected chi connectivity index (χ2v) is 7.03. The minimum Gasteiger partial charge on any atom is -0.486 e. The Balaban J connectivity index is 1.47. The Morgan fingerprint density at radius 2 is 1.69 bits per heavy atom. The van der Waals surface area contributed by atoms with E-state index in [0.29, 0.717) is 28.2 Å². The first-order chi connectivity index (χ1) is 12.7. The van der Waals surface area contributed by atoms with Crippen LogP contribution in [0.3, 0.4) is 0 Å². The quantitative estimate of drug-likeness (QED) is 0.494. The molecule has 4 rings (SSSR count). The molecule has 0 aliphatic heterocycles. The largest absolute Gasteiger partial charge is 0.486 e.